The minimum atomic E-state index is -0.743. The minimum Gasteiger partial charge on any atom is -0.364 e. The summed E-state index contributed by atoms with van der Waals surface area (Å²) in [6.45, 7) is 9.76. The second-order valence-electron chi connectivity index (χ2n) is 6.15. The molecule has 2 aromatic heterocycles. The van der Waals surface area contributed by atoms with Crippen LogP contribution in [-0.2, 0) is 5.54 Å². The molecule has 0 aliphatic carbocycles. The van der Waals surface area contributed by atoms with Crippen molar-refractivity contribution in [2.24, 2.45) is 5.73 Å². The zero-order valence-electron chi connectivity index (χ0n) is 13.6. The number of carbonyl (C=O) groups excluding carboxylic acids is 1. The van der Waals surface area contributed by atoms with Gasteiger partial charge in [-0.3, -0.25) is 4.79 Å². The molecule has 22 heavy (non-hydrogen) atoms. The third-order valence-electron chi connectivity index (χ3n) is 3.57. The number of aryl methyl sites for hydroxylation is 2. The van der Waals surface area contributed by atoms with E-state index < -0.39 is 5.54 Å². The first-order valence-corrected chi connectivity index (χ1v) is 7.16. The number of nitrogens with one attached hydrogen (secondary N) is 1. The van der Waals surface area contributed by atoms with Crippen LogP contribution in [0, 0.1) is 13.8 Å². The van der Waals surface area contributed by atoms with E-state index in [9.17, 15) is 4.79 Å². The molecule has 2 heterocycles. The van der Waals surface area contributed by atoms with Crippen LogP contribution in [0.3, 0.4) is 0 Å². The highest BCUT2D eigenvalue weighted by molar-refractivity contribution is 5.95. The number of aromatic nitrogens is 2. The molecule has 1 unspecified atom stereocenters. The molecular formula is C15H22N4O3. The Kier molecular flexibility index (Phi) is 4.37. The summed E-state index contributed by atoms with van der Waals surface area (Å²) in [6.07, 6.45) is 1.32. The van der Waals surface area contributed by atoms with Gasteiger partial charge in [0.1, 0.15) is 23.3 Å². The molecule has 2 rings (SSSR count). The molecule has 120 valence electrons. The van der Waals surface area contributed by atoms with E-state index >= 15 is 0 Å². The van der Waals surface area contributed by atoms with Gasteiger partial charge in [0.25, 0.3) is 5.91 Å². The van der Waals surface area contributed by atoms with Gasteiger partial charge in [0.15, 0.2) is 0 Å². The number of rotatable bonds is 5. The van der Waals surface area contributed by atoms with Crippen LogP contribution in [0.1, 0.15) is 59.8 Å². The summed E-state index contributed by atoms with van der Waals surface area (Å²) in [5.41, 5.74) is 7.91. The molecule has 0 aliphatic rings. The largest absolute Gasteiger partial charge is 0.364 e. The van der Waals surface area contributed by atoms with Crippen molar-refractivity contribution in [3.05, 3.63) is 34.5 Å². The Morgan fingerprint density at radius 1 is 1.41 bits per heavy atom. The van der Waals surface area contributed by atoms with E-state index in [-0.39, 0.29) is 11.8 Å². The van der Waals surface area contributed by atoms with Crippen molar-refractivity contribution >= 4 is 5.91 Å². The molecule has 0 bridgehead atoms. The van der Waals surface area contributed by atoms with Crippen molar-refractivity contribution < 1.29 is 13.8 Å². The summed E-state index contributed by atoms with van der Waals surface area (Å²) in [5.74, 6) is 0.603. The maximum atomic E-state index is 12.3. The Balaban J connectivity index is 2.07. The van der Waals surface area contributed by atoms with Crippen molar-refractivity contribution in [2.75, 3.05) is 6.54 Å². The lowest BCUT2D eigenvalue weighted by Crippen LogP contribution is -2.34. The molecule has 0 aliphatic heterocycles. The molecular weight excluding hydrogens is 284 g/mol. The molecule has 0 saturated heterocycles. The molecule has 0 saturated carbocycles. The van der Waals surface area contributed by atoms with Crippen LogP contribution in [0.25, 0.3) is 0 Å². The van der Waals surface area contributed by atoms with Crippen LogP contribution < -0.4 is 11.1 Å². The molecule has 7 nitrogen and oxygen atoms in total. The van der Waals surface area contributed by atoms with Crippen LogP contribution in [0.4, 0.5) is 0 Å². The quantitative estimate of drug-likeness (QED) is 0.875. The van der Waals surface area contributed by atoms with Gasteiger partial charge in [-0.25, -0.2) is 0 Å². The Morgan fingerprint density at radius 2 is 2.09 bits per heavy atom. The molecule has 0 spiro atoms. The van der Waals surface area contributed by atoms with E-state index in [0.717, 1.165) is 17.0 Å². The lowest BCUT2D eigenvalue weighted by Gasteiger charge is -2.17. The van der Waals surface area contributed by atoms with E-state index in [4.69, 9.17) is 14.8 Å². The highest BCUT2D eigenvalue weighted by Gasteiger charge is 2.27. The first kappa shape index (κ1) is 16.2. The van der Waals surface area contributed by atoms with E-state index in [0.29, 0.717) is 17.8 Å². The normalized spacial score (nSPS) is 13.2. The summed E-state index contributed by atoms with van der Waals surface area (Å²) in [4.78, 5) is 12.3. The van der Waals surface area contributed by atoms with E-state index in [2.05, 4.69) is 15.6 Å². The number of carbonyl (C=O) groups is 1. The number of nitrogens with zero attached hydrogens (tertiary/aromatic N) is 2. The number of hydrogen-bond donors (Lipinski definition) is 2. The lowest BCUT2D eigenvalue weighted by atomic mass is 9.97. The van der Waals surface area contributed by atoms with Gasteiger partial charge < -0.3 is 20.1 Å². The fourth-order valence-corrected chi connectivity index (χ4v) is 2.50. The Bertz CT molecular complexity index is 647. The van der Waals surface area contributed by atoms with E-state index in [1.807, 2.05) is 20.8 Å². The molecule has 3 N–H and O–H groups in total. The number of nitrogens with two attached hydrogens (primary N) is 1. The topological polar surface area (TPSA) is 107 Å². The molecule has 0 radical (unpaired) electrons. The SMILES string of the molecule is Cc1noc(C)c1C(C)CNC(=O)c1conc1C(C)(C)N. The van der Waals surface area contributed by atoms with Gasteiger partial charge in [0.2, 0.25) is 0 Å². The Hall–Kier alpha value is -2.15. The zero-order chi connectivity index (χ0) is 16.5. The van der Waals surface area contributed by atoms with Gasteiger partial charge in [0.05, 0.1) is 11.2 Å². The Labute approximate surface area is 129 Å². The average molecular weight is 306 g/mol. The maximum absolute atomic E-state index is 12.3. The van der Waals surface area contributed by atoms with Crippen LogP contribution in [0.2, 0.25) is 0 Å². The van der Waals surface area contributed by atoms with Crippen LogP contribution in [0.15, 0.2) is 15.3 Å². The standard InChI is InChI=1S/C15H22N4O3/c1-8(12-9(2)18-22-10(12)3)6-17-14(20)11-7-21-19-13(11)15(4,5)16/h7-8H,6,16H2,1-5H3,(H,17,20). The third-order valence-corrected chi connectivity index (χ3v) is 3.57. The second-order valence-corrected chi connectivity index (χ2v) is 6.15. The fraction of sp³-hybridized carbons (Fsp3) is 0.533. The summed E-state index contributed by atoms with van der Waals surface area (Å²) in [5, 5.41) is 10.6. The monoisotopic (exact) mass is 306 g/mol. The lowest BCUT2D eigenvalue weighted by molar-refractivity contribution is 0.0948. The van der Waals surface area contributed by atoms with Gasteiger partial charge >= 0.3 is 0 Å². The smallest absolute Gasteiger partial charge is 0.256 e. The van der Waals surface area contributed by atoms with Crippen molar-refractivity contribution in [2.45, 2.75) is 46.1 Å². The van der Waals surface area contributed by atoms with Gasteiger partial charge in [-0.05, 0) is 27.7 Å². The van der Waals surface area contributed by atoms with Crippen LogP contribution in [-0.4, -0.2) is 22.8 Å². The predicted octanol–water partition coefficient (Wildman–Crippen LogP) is 2.01. The molecule has 0 aromatic carbocycles. The number of amides is 1. The predicted molar refractivity (Wildman–Crippen MR) is 80.4 cm³/mol. The first-order chi connectivity index (χ1) is 10.2. The molecule has 1 amide bonds. The van der Waals surface area contributed by atoms with E-state index in [1.165, 1.54) is 6.26 Å². The Morgan fingerprint density at radius 3 is 2.64 bits per heavy atom. The van der Waals surface area contributed by atoms with Crippen molar-refractivity contribution in [3.8, 4) is 0 Å². The van der Waals surface area contributed by atoms with Crippen molar-refractivity contribution in [3.63, 3.8) is 0 Å². The summed E-state index contributed by atoms with van der Waals surface area (Å²) in [7, 11) is 0. The van der Waals surface area contributed by atoms with Crippen molar-refractivity contribution in [1.29, 1.82) is 0 Å². The average Bonchev–Trinajstić information content (AvgIpc) is 3.02. The zero-order valence-corrected chi connectivity index (χ0v) is 13.6. The van der Waals surface area contributed by atoms with Gasteiger partial charge in [-0.2, -0.15) is 0 Å². The minimum absolute atomic E-state index is 0.0874. The molecule has 7 heteroatoms. The third kappa shape index (κ3) is 3.19. The fourth-order valence-electron chi connectivity index (χ4n) is 2.50. The highest BCUT2D eigenvalue weighted by atomic mass is 16.5. The second kappa shape index (κ2) is 5.92. The van der Waals surface area contributed by atoms with E-state index in [1.54, 1.807) is 13.8 Å². The maximum Gasteiger partial charge on any atom is 0.256 e. The van der Waals surface area contributed by atoms with Crippen LogP contribution >= 0.6 is 0 Å². The summed E-state index contributed by atoms with van der Waals surface area (Å²) >= 11 is 0. The van der Waals surface area contributed by atoms with Crippen LogP contribution in [0.5, 0.6) is 0 Å². The molecule has 2 aromatic rings. The first-order valence-electron chi connectivity index (χ1n) is 7.16. The van der Waals surface area contributed by atoms with Crippen molar-refractivity contribution in [1.82, 2.24) is 15.6 Å². The summed E-state index contributed by atoms with van der Waals surface area (Å²) < 4.78 is 10.0. The molecule has 1 atom stereocenters. The van der Waals surface area contributed by atoms with Gasteiger partial charge in [-0.15, -0.1) is 0 Å². The summed E-state index contributed by atoms with van der Waals surface area (Å²) in [6, 6.07) is 0. The molecule has 0 fully saturated rings. The van der Waals surface area contributed by atoms with Gasteiger partial charge in [-0.1, -0.05) is 17.2 Å². The van der Waals surface area contributed by atoms with Gasteiger partial charge in [0, 0.05) is 18.0 Å². The number of hydrogen-bond acceptors (Lipinski definition) is 6. The highest BCUT2D eigenvalue weighted by Crippen LogP contribution is 2.23.